The van der Waals surface area contributed by atoms with Crippen molar-refractivity contribution in [1.29, 1.82) is 0 Å². The Labute approximate surface area is 99.9 Å². The van der Waals surface area contributed by atoms with Gasteiger partial charge in [-0.2, -0.15) is 0 Å². The summed E-state index contributed by atoms with van der Waals surface area (Å²) in [5, 5.41) is 10.1. The molecule has 0 heterocycles. The Morgan fingerprint density at radius 1 is 1.44 bits per heavy atom. The van der Waals surface area contributed by atoms with Gasteiger partial charge in [0.25, 0.3) is 0 Å². The van der Waals surface area contributed by atoms with E-state index in [4.69, 9.17) is 26.8 Å². The predicted molar refractivity (Wildman–Crippen MR) is 63.2 cm³/mol. The van der Waals surface area contributed by atoms with E-state index in [2.05, 4.69) is 0 Å². The summed E-state index contributed by atoms with van der Waals surface area (Å²) < 4.78 is 10.5. The molecule has 4 nitrogen and oxygen atoms in total. The van der Waals surface area contributed by atoms with Crippen molar-refractivity contribution in [3.63, 3.8) is 0 Å². The summed E-state index contributed by atoms with van der Waals surface area (Å²) in [4.78, 5) is 0. The van der Waals surface area contributed by atoms with Crippen molar-refractivity contribution in [3.05, 3.63) is 22.7 Å². The van der Waals surface area contributed by atoms with Crippen molar-refractivity contribution in [2.45, 2.75) is 13.0 Å². The van der Waals surface area contributed by atoms with Crippen LogP contribution in [0.3, 0.4) is 0 Å². The Morgan fingerprint density at radius 3 is 2.62 bits per heavy atom. The number of halogens is 1. The molecule has 0 aliphatic carbocycles. The fourth-order valence-corrected chi connectivity index (χ4v) is 1.62. The zero-order valence-corrected chi connectivity index (χ0v) is 10.1. The Hall–Kier alpha value is -0.970. The second-order valence-electron chi connectivity index (χ2n) is 3.21. The van der Waals surface area contributed by atoms with Crippen LogP contribution in [0.5, 0.6) is 11.5 Å². The van der Waals surface area contributed by atoms with Gasteiger partial charge in [0.05, 0.1) is 24.8 Å². The van der Waals surface area contributed by atoms with Crippen LogP contribution in [0.15, 0.2) is 12.1 Å². The van der Waals surface area contributed by atoms with Crippen LogP contribution in [-0.4, -0.2) is 25.4 Å². The van der Waals surface area contributed by atoms with Crippen molar-refractivity contribution >= 4 is 11.6 Å². The van der Waals surface area contributed by atoms with E-state index in [1.807, 2.05) is 6.92 Å². The lowest BCUT2D eigenvalue weighted by Gasteiger charge is -2.16. The molecule has 3 N–H and O–H groups in total. The monoisotopic (exact) mass is 245 g/mol. The van der Waals surface area contributed by atoms with E-state index in [9.17, 15) is 5.11 Å². The molecule has 1 unspecified atom stereocenters. The Bertz CT molecular complexity index is 357. The molecule has 5 heteroatoms. The molecule has 0 spiro atoms. The highest BCUT2D eigenvalue weighted by molar-refractivity contribution is 6.32. The van der Waals surface area contributed by atoms with E-state index in [-0.39, 0.29) is 6.54 Å². The van der Waals surface area contributed by atoms with Crippen LogP contribution in [0.2, 0.25) is 5.02 Å². The summed E-state index contributed by atoms with van der Waals surface area (Å²) in [5.41, 5.74) is 5.99. The minimum absolute atomic E-state index is 0.114. The van der Waals surface area contributed by atoms with Crippen LogP contribution in [0, 0.1) is 0 Å². The molecule has 0 aliphatic heterocycles. The van der Waals surface area contributed by atoms with Crippen molar-refractivity contribution in [2.24, 2.45) is 5.73 Å². The molecule has 0 amide bonds. The number of ether oxygens (including phenoxy) is 2. The van der Waals surface area contributed by atoms with E-state index in [1.54, 1.807) is 12.1 Å². The summed E-state index contributed by atoms with van der Waals surface area (Å²) in [6.45, 7) is 2.47. The average molecular weight is 246 g/mol. The highest BCUT2D eigenvalue weighted by Crippen LogP contribution is 2.35. The quantitative estimate of drug-likeness (QED) is 0.829. The van der Waals surface area contributed by atoms with Gasteiger partial charge in [-0.1, -0.05) is 11.6 Å². The van der Waals surface area contributed by atoms with Crippen LogP contribution in [0.25, 0.3) is 0 Å². The highest BCUT2D eigenvalue weighted by Gasteiger charge is 2.15. The lowest BCUT2D eigenvalue weighted by atomic mass is 10.1. The van der Waals surface area contributed by atoms with Crippen LogP contribution < -0.4 is 15.2 Å². The van der Waals surface area contributed by atoms with E-state index in [0.29, 0.717) is 28.7 Å². The maximum Gasteiger partial charge on any atom is 0.141 e. The first-order valence-electron chi connectivity index (χ1n) is 5.02. The van der Waals surface area contributed by atoms with E-state index in [1.165, 1.54) is 7.11 Å². The molecule has 0 aliphatic rings. The molecule has 90 valence electrons. The SMILES string of the molecule is CCOc1cc(OC)c(Cl)cc1C(O)CN. The summed E-state index contributed by atoms with van der Waals surface area (Å²) in [6.07, 6.45) is -0.787. The number of rotatable bonds is 5. The number of nitrogens with two attached hydrogens (primary N) is 1. The molecule has 0 radical (unpaired) electrons. The molecule has 1 atom stereocenters. The van der Waals surface area contributed by atoms with Gasteiger partial charge in [-0.3, -0.25) is 0 Å². The summed E-state index contributed by atoms with van der Waals surface area (Å²) in [7, 11) is 1.52. The van der Waals surface area contributed by atoms with Crippen LogP contribution in [0.1, 0.15) is 18.6 Å². The van der Waals surface area contributed by atoms with E-state index >= 15 is 0 Å². The van der Waals surface area contributed by atoms with Gasteiger partial charge in [0.15, 0.2) is 0 Å². The first kappa shape index (κ1) is 13.1. The Balaban J connectivity index is 3.18. The van der Waals surface area contributed by atoms with E-state index in [0.717, 1.165) is 0 Å². The van der Waals surface area contributed by atoms with Crippen LogP contribution >= 0.6 is 11.6 Å². The van der Waals surface area contributed by atoms with Gasteiger partial charge in [0.2, 0.25) is 0 Å². The largest absolute Gasteiger partial charge is 0.495 e. The van der Waals surface area contributed by atoms with Gasteiger partial charge >= 0.3 is 0 Å². The second kappa shape index (κ2) is 5.94. The van der Waals surface area contributed by atoms with Crippen molar-refractivity contribution in [2.75, 3.05) is 20.3 Å². The molecule has 0 saturated carbocycles. The number of methoxy groups -OCH3 is 1. The number of hydrogen-bond acceptors (Lipinski definition) is 4. The third-order valence-electron chi connectivity index (χ3n) is 2.17. The van der Waals surface area contributed by atoms with Gasteiger partial charge < -0.3 is 20.3 Å². The third kappa shape index (κ3) is 2.78. The minimum atomic E-state index is -0.787. The van der Waals surface area contributed by atoms with Gasteiger partial charge in [-0.05, 0) is 13.0 Å². The molecule has 16 heavy (non-hydrogen) atoms. The lowest BCUT2D eigenvalue weighted by molar-refractivity contribution is 0.180. The summed E-state index contributed by atoms with van der Waals surface area (Å²) in [5.74, 6) is 1.06. The zero-order chi connectivity index (χ0) is 12.1. The number of benzene rings is 1. The van der Waals surface area contributed by atoms with Gasteiger partial charge in [-0.15, -0.1) is 0 Å². The van der Waals surface area contributed by atoms with Gasteiger partial charge in [-0.25, -0.2) is 0 Å². The third-order valence-corrected chi connectivity index (χ3v) is 2.46. The van der Waals surface area contributed by atoms with Crippen LogP contribution in [-0.2, 0) is 0 Å². The standard InChI is InChI=1S/C11H16ClNO3/c1-3-16-10-5-11(15-2)8(12)4-7(10)9(14)6-13/h4-5,9,14H,3,6,13H2,1-2H3. The zero-order valence-electron chi connectivity index (χ0n) is 9.37. The number of aliphatic hydroxyl groups excluding tert-OH is 1. The Morgan fingerprint density at radius 2 is 2.12 bits per heavy atom. The fraction of sp³-hybridized carbons (Fsp3) is 0.455. The first-order valence-corrected chi connectivity index (χ1v) is 5.40. The topological polar surface area (TPSA) is 64.7 Å². The minimum Gasteiger partial charge on any atom is -0.495 e. The molecule has 0 aromatic heterocycles. The van der Waals surface area contributed by atoms with Crippen molar-refractivity contribution < 1.29 is 14.6 Å². The normalized spacial score (nSPS) is 12.3. The summed E-state index contributed by atoms with van der Waals surface area (Å²) in [6, 6.07) is 3.27. The second-order valence-corrected chi connectivity index (χ2v) is 3.62. The summed E-state index contributed by atoms with van der Waals surface area (Å²) >= 11 is 5.97. The molecule has 0 saturated heterocycles. The molecular formula is C11H16ClNO3. The Kier molecular flexibility index (Phi) is 4.86. The fourth-order valence-electron chi connectivity index (χ4n) is 1.37. The van der Waals surface area contributed by atoms with Gasteiger partial charge in [0.1, 0.15) is 11.5 Å². The molecular weight excluding hydrogens is 230 g/mol. The highest BCUT2D eigenvalue weighted by atomic mass is 35.5. The molecule has 1 aromatic rings. The van der Waals surface area contributed by atoms with Crippen molar-refractivity contribution in [3.8, 4) is 11.5 Å². The first-order chi connectivity index (χ1) is 7.63. The van der Waals surface area contributed by atoms with Gasteiger partial charge in [0, 0.05) is 18.2 Å². The van der Waals surface area contributed by atoms with Crippen LogP contribution in [0.4, 0.5) is 0 Å². The number of hydrogen-bond donors (Lipinski definition) is 2. The maximum atomic E-state index is 9.72. The predicted octanol–water partition coefficient (Wildman–Crippen LogP) is 1.74. The van der Waals surface area contributed by atoms with Crippen molar-refractivity contribution in [1.82, 2.24) is 0 Å². The molecule has 0 fully saturated rings. The average Bonchev–Trinajstić information content (AvgIpc) is 2.30. The molecule has 1 aromatic carbocycles. The maximum absolute atomic E-state index is 9.72. The lowest BCUT2D eigenvalue weighted by Crippen LogP contribution is -2.13. The molecule has 1 rings (SSSR count). The molecule has 0 bridgehead atoms. The number of aliphatic hydroxyl groups is 1. The van der Waals surface area contributed by atoms with E-state index < -0.39 is 6.10 Å². The smallest absolute Gasteiger partial charge is 0.141 e.